The molecule has 4 rings (SSSR count). The van der Waals surface area contributed by atoms with E-state index in [1.165, 1.54) is 17.3 Å². The first-order valence-corrected chi connectivity index (χ1v) is 11.7. The number of ether oxygens (including phenoxy) is 1. The predicted octanol–water partition coefficient (Wildman–Crippen LogP) is 3.98. The van der Waals surface area contributed by atoms with Crippen molar-refractivity contribution in [3.05, 3.63) is 60.4 Å². The van der Waals surface area contributed by atoms with Gasteiger partial charge in [0, 0.05) is 37.4 Å². The Morgan fingerprint density at radius 1 is 1.13 bits per heavy atom. The minimum Gasteiger partial charge on any atom is -0.466 e. The average molecular weight is 438 g/mol. The molecule has 3 heterocycles. The first kappa shape index (κ1) is 21.4. The molecular formula is C24H27N3O3S. The average Bonchev–Trinajstić information content (AvgIpc) is 3.22. The quantitative estimate of drug-likeness (QED) is 0.413. The third-order valence-electron chi connectivity index (χ3n) is 5.66. The zero-order chi connectivity index (χ0) is 21.6. The standard InChI is InChI=1S/C24H27N3O3S/c1-2-30-24(29)19-9-13-26(14-10-19)22(28)17-31-23-20-11-15-27(21(20)8-12-25-23)16-18-6-4-3-5-7-18/h3-8,11-12,15,19H,2,9-10,13-14,16-17H2,1H3. The maximum atomic E-state index is 12.7. The molecule has 31 heavy (non-hydrogen) atoms. The minimum absolute atomic E-state index is 0.0866. The molecule has 162 valence electrons. The van der Waals surface area contributed by atoms with E-state index in [2.05, 4.69) is 33.9 Å². The number of aromatic nitrogens is 2. The van der Waals surface area contributed by atoms with Gasteiger partial charge in [-0.25, -0.2) is 4.98 Å². The number of benzene rings is 1. The van der Waals surface area contributed by atoms with E-state index in [1.54, 1.807) is 0 Å². The number of piperidine rings is 1. The van der Waals surface area contributed by atoms with Crippen molar-refractivity contribution in [1.82, 2.24) is 14.5 Å². The van der Waals surface area contributed by atoms with Crippen molar-refractivity contribution in [3.8, 4) is 0 Å². The summed E-state index contributed by atoms with van der Waals surface area (Å²) in [4.78, 5) is 31.0. The van der Waals surface area contributed by atoms with Gasteiger partial charge in [-0.15, -0.1) is 0 Å². The SMILES string of the molecule is CCOC(=O)C1CCN(C(=O)CSc2nccc3c2ccn3Cc2ccccc2)CC1. The Bertz CT molecular complexity index is 1040. The van der Waals surface area contributed by atoms with E-state index in [4.69, 9.17) is 4.74 Å². The molecule has 1 aliphatic heterocycles. The van der Waals surface area contributed by atoms with Crippen LogP contribution in [0.1, 0.15) is 25.3 Å². The molecule has 0 unspecified atom stereocenters. The Morgan fingerprint density at radius 3 is 2.65 bits per heavy atom. The fourth-order valence-corrected chi connectivity index (χ4v) is 4.88. The summed E-state index contributed by atoms with van der Waals surface area (Å²) in [6.45, 7) is 4.23. The number of carbonyl (C=O) groups is 2. The van der Waals surface area contributed by atoms with Crippen LogP contribution in [-0.2, 0) is 20.9 Å². The summed E-state index contributed by atoms with van der Waals surface area (Å²) in [5.74, 6) is 0.214. The summed E-state index contributed by atoms with van der Waals surface area (Å²) in [6, 6.07) is 14.4. The number of fused-ring (bicyclic) bond motifs is 1. The van der Waals surface area contributed by atoms with Gasteiger partial charge >= 0.3 is 5.97 Å². The third-order valence-corrected chi connectivity index (χ3v) is 6.65. The van der Waals surface area contributed by atoms with Crippen LogP contribution in [0, 0.1) is 5.92 Å². The second-order valence-electron chi connectivity index (χ2n) is 7.67. The van der Waals surface area contributed by atoms with Crippen molar-refractivity contribution in [2.45, 2.75) is 31.3 Å². The van der Waals surface area contributed by atoms with Crippen molar-refractivity contribution in [3.63, 3.8) is 0 Å². The summed E-state index contributed by atoms with van der Waals surface area (Å²) in [5, 5.41) is 1.94. The maximum absolute atomic E-state index is 12.7. The molecule has 0 spiro atoms. The Morgan fingerprint density at radius 2 is 1.90 bits per heavy atom. The number of carbonyl (C=O) groups excluding carboxylic acids is 2. The van der Waals surface area contributed by atoms with Gasteiger partial charge in [-0.1, -0.05) is 42.1 Å². The molecule has 1 aromatic carbocycles. The first-order chi connectivity index (χ1) is 15.2. The van der Waals surface area contributed by atoms with Crippen LogP contribution < -0.4 is 0 Å². The number of pyridine rings is 1. The van der Waals surface area contributed by atoms with Gasteiger partial charge in [0.05, 0.1) is 23.8 Å². The molecule has 0 aliphatic carbocycles. The lowest BCUT2D eigenvalue weighted by molar-refractivity contribution is -0.151. The van der Waals surface area contributed by atoms with Crippen molar-refractivity contribution >= 4 is 34.5 Å². The summed E-state index contributed by atoms with van der Waals surface area (Å²) in [6.07, 6.45) is 5.23. The summed E-state index contributed by atoms with van der Waals surface area (Å²) in [5.41, 5.74) is 2.36. The highest BCUT2D eigenvalue weighted by Gasteiger charge is 2.28. The van der Waals surface area contributed by atoms with Crippen molar-refractivity contribution in [1.29, 1.82) is 0 Å². The molecule has 3 aromatic rings. The van der Waals surface area contributed by atoms with Crippen LogP contribution in [0.5, 0.6) is 0 Å². The monoisotopic (exact) mass is 437 g/mol. The zero-order valence-electron chi connectivity index (χ0n) is 17.7. The number of hydrogen-bond donors (Lipinski definition) is 0. The lowest BCUT2D eigenvalue weighted by Gasteiger charge is -2.30. The smallest absolute Gasteiger partial charge is 0.309 e. The molecule has 1 fully saturated rings. The molecule has 7 heteroatoms. The summed E-state index contributed by atoms with van der Waals surface area (Å²) in [7, 11) is 0. The minimum atomic E-state index is -0.139. The van der Waals surface area contributed by atoms with E-state index in [-0.39, 0.29) is 17.8 Å². The first-order valence-electron chi connectivity index (χ1n) is 10.7. The zero-order valence-corrected chi connectivity index (χ0v) is 18.5. The molecule has 1 amide bonds. The van der Waals surface area contributed by atoms with Crippen LogP contribution in [0.2, 0.25) is 0 Å². The van der Waals surface area contributed by atoms with Crippen molar-refractivity contribution in [2.75, 3.05) is 25.4 Å². The van der Waals surface area contributed by atoms with E-state index in [0.29, 0.717) is 38.3 Å². The van der Waals surface area contributed by atoms with Crippen LogP contribution in [0.25, 0.3) is 10.9 Å². The summed E-state index contributed by atoms with van der Waals surface area (Å²) < 4.78 is 7.31. The van der Waals surface area contributed by atoms with Crippen molar-refractivity contribution < 1.29 is 14.3 Å². The van der Waals surface area contributed by atoms with E-state index >= 15 is 0 Å². The highest BCUT2D eigenvalue weighted by atomic mass is 32.2. The van der Waals surface area contributed by atoms with Gasteiger partial charge in [0.15, 0.2) is 0 Å². The molecule has 0 bridgehead atoms. The van der Waals surface area contributed by atoms with Crippen LogP contribution >= 0.6 is 11.8 Å². The second kappa shape index (κ2) is 10.0. The predicted molar refractivity (Wildman–Crippen MR) is 122 cm³/mol. The van der Waals surface area contributed by atoms with Gasteiger partial charge in [0.25, 0.3) is 0 Å². The third kappa shape index (κ3) is 5.10. The fraction of sp³-hybridized carbons (Fsp3) is 0.375. The lowest BCUT2D eigenvalue weighted by atomic mass is 9.97. The van der Waals surface area contributed by atoms with E-state index in [9.17, 15) is 9.59 Å². The highest BCUT2D eigenvalue weighted by molar-refractivity contribution is 8.00. The lowest BCUT2D eigenvalue weighted by Crippen LogP contribution is -2.41. The molecule has 0 radical (unpaired) electrons. The van der Waals surface area contributed by atoms with E-state index in [1.807, 2.05) is 42.3 Å². The molecule has 0 N–H and O–H groups in total. The molecule has 1 aliphatic rings. The fourth-order valence-electron chi connectivity index (χ4n) is 3.98. The number of likely N-dealkylation sites (tertiary alicyclic amines) is 1. The van der Waals surface area contributed by atoms with Gasteiger partial charge in [0.2, 0.25) is 5.91 Å². The van der Waals surface area contributed by atoms with Gasteiger partial charge in [0.1, 0.15) is 5.03 Å². The number of esters is 1. The number of hydrogen-bond acceptors (Lipinski definition) is 5. The summed E-state index contributed by atoms with van der Waals surface area (Å²) >= 11 is 1.48. The van der Waals surface area contributed by atoms with Crippen LogP contribution in [0.3, 0.4) is 0 Å². The van der Waals surface area contributed by atoms with Crippen LogP contribution in [0.4, 0.5) is 0 Å². The Labute approximate surface area is 186 Å². The Balaban J connectivity index is 1.36. The van der Waals surface area contributed by atoms with Crippen LogP contribution in [-0.4, -0.2) is 51.8 Å². The van der Waals surface area contributed by atoms with Gasteiger partial charge < -0.3 is 14.2 Å². The van der Waals surface area contributed by atoms with Gasteiger partial charge in [-0.05, 0) is 37.5 Å². The Kier molecular flexibility index (Phi) is 6.92. The molecule has 6 nitrogen and oxygen atoms in total. The molecule has 1 saturated heterocycles. The largest absolute Gasteiger partial charge is 0.466 e. The molecular weight excluding hydrogens is 410 g/mol. The van der Waals surface area contributed by atoms with Gasteiger partial charge in [-0.2, -0.15) is 0 Å². The molecule has 0 saturated carbocycles. The second-order valence-corrected chi connectivity index (χ2v) is 8.64. The van der Waals surface area contributed by atoms with Gasteiger partial charge in [-0.3, -0.25) is 9.59 Å². The number of thioether (sulfide) groups is 1. The number of nitrogens with zero attached hydrogens (tertiary/aromatic N) is 3. The van der Waals surface area contributed by atoms with Crippen molar-refractivity contribution in [2.24, 2.45) is 5.92 Å². The highest BCUT2D eigenvalue weighted by Crippen LogP contribution is 2.28. The number of rotatable bonds is 7. The van der Waals surface area contributed by atoms with E-state index in [0.717, 1.165) is 22.5 Å². The maximum Gasteiger partial charge on any atom is 0.309 e. The molecule has 0 atom stereocenters. The Hall–Kier alpha value is -2.80. The van der Waals surface area contributed by atoms with Crippen LogP contribution in [0.15, 0.2) is 59.9 Å². The normalized spacial score (nSPS) is 14.7. The number of amides is 1. The molecule has 2 aromatic heterocycles. The van der Waals surface area contributed by atoms with E-state index < -0.39 is 0 Å². The topological polar surface area (TPSA) is 64.4 Å².